The summed E-state index contributed by atoms with van der Waals surface area (Å²) in [6.07, 6.45) is 0. The highest BCUT2D eigenvalue weighted by Crippen LogP contribution is 2.34. The van der Waals surface area contributed by atoms with Gasteiger partial charge in [-0.15, -0.1) is 11.3 Å². The van der Waals surface area contributed by atoms with E-state index in [1.54, 1.807) is 29.2 Å². The maximum atomic E-state index is 11.8. The lowest BCUT2D eigenvalue weighted by atomic mass is 10.1. The zero-order valence-corrected chi connectivity index (χ0v) is 14.4. The minimum atomic E-state index is -0.410. The van der Waals surface area contributed by atoms with Crippen LogP contribution in [0.5, 0.6) is 5.75 Å². The number of thioether (sulfide) groups is 1. The molecule has 0 aliphatic heterocycles. The van der Waals surface area contributed by atoms with Crippen LogP contribution in [-0.2, 0) is 5.75 Å². The number of hydrogen-bond donors (Lipinski definition) is 1. The highest BCUT2D eigenvalue weighted by Gasteiger charge is 2.12. The average Bonchev–Trinajstić information content (AvgIpc) is 2.94. The number of aryl methyl sites for hydroxylation is 1. The van der Waals surface area contributed by atoms with Crippen LogP contribution in [0.3, 0.4) is 0 Å². The average molecular weight is 355 g/mol. The lowest BCUT2D eigenvalue weighted by Crippen LogP contribution is -2.01. The van der Waals surface area contributed by atoms with Crippen molar-refractivity contribution in [2.24, 2.45) is 0 Å². The molecule has 1 N–H and O–H groups in total. The maximum absolute atomic E-state index is 11.8. The summed E-state index contributed by atoms with van der Waals surface area (Å²) in [6, 6.07) is 12.7. The van der Waals surface area contributed by atoms with Crippen molar-refractivity contribution >= 4 is 44.3 Å². The molecule has 0 radical (unpaired) electrons. The largest absolute Gasteiger partial charge is 0.508 e. The van der Waals surface area contributed by atoms with Gasteiger partial charge in [-0.3, -0.25) is 0 Å². The molecule has 0 spiro atoms. The normalized spacial score (nSPS) is 11.4. The number of fused-ring (bicyclic) bond motifs is 2. The van der Waals surface area contributed by atoms with E-state index in [0.29, 0.717) is 11.3 Å². The van der Waals surface area contributed by atoms with Crippen molar-refractivity contribution in [3.05, 3.63) is 64.0 Å². The van der Waals surface area contributed by atoms with Crippen LogP contribution < -0.4 is 5.63 Å². The molecule has 0 aliphatic rings. The van der Waals surface area contributed by atoms with Crippen molar-refractivity contribution in [1.82, 2.24) is 4.98 Å². The Labute approximate surface area is 145 Å². The van der Waals surface area contributed by atoms with Crippen LogP contribution in [0, 0.1) is 6.92 Å². The molecule has 0 aliphatic carbocycles. The number of hydrogen-bond acceptors (Lipinski definition) is 6. The third kappa shape index (κ3) is 2.79. The van der Waals surface area contributed by atoms with Gasteiger partial charge in [-0.25, -0.2) is 9.78 Å². The van der Waals surface area contributed by atoms with E-state index in [4.69, 9.17) is 4.42 Å². The van der Waals surface area contributed by atoms with Gasteiger partial charge in [0, 0.05) is 23.3 Å². The summed E-state index contributed by atoms with van der Waals surface area (Å²) in [7, 11) is 0. The smallest absolute Gasteiger partial charge is 0.336 e. The van der Waals surface area contributed by atoms with Gasteiger partial charge in [0.15, 0.2) is 4.34 Å². The van der Waals surface area contributed by atoms with E-state index in [2.05, 4.69) is 11.1 Å². The number of benzene rings is 2. The Morgan fingerprint density at radius 2 is 2.08 bits per heavy atom. The fourth-order valence-electron chi connectivity index (χ4n) is 2.75. The van der Waals surface area contributed by atoms with Crippen LogP contribution in [-0.4, -0.2) is 10.1 Å². The minimum absolute atomic E-state index is 0.0964. The Bertz CT molecular complexity index is 1080. The van der Waals surface area contributed by atoms with Crippen molar-refractivity contribution in [2.45, 2.75) is 17.0 Å². The number of para-hydroxylation sites is 1. The molecule has 0 unspecified atom stereocenters. The van der Waals surface area contributed by atoms with Crippen molar-refractivity contribution < 1.29 is 9.52 Å². The molecule has 6 heteroatoms. The number of thiazole rings is 1. The SMILES string of the molecule is Cc1cc(O)cc2oc(=O)cc(CSc3nc4ccccc4s3)c12. The lowest BCUT2D eigenvalue weighted by Gasteiger charge is -2.07. The molecule has 0 fully saturated rings. The molecule has 4 nitrogen and oxygen atoms in total. The van der Waals surface area contributed by atoms with Gasteiger partial charge < -0.3 is 9.52 Å². The summed E-state index contributed by atoms with van der Waals surface area (Å²) in [5.41, 5.74) is 2.77. The van der Waals surface area contributed by atoms with E-state index < -0.39 is 5.63 Å². The molecule has 4 rings (SSSR count). The zero-order valence-electron chi connectivity index (χ0n) is 12.8. The van der Waals surface area contributed by atoms with E-state index in [-0.39, 0.29) is 5.75 Å². The van der Waals surface area contributed by atoms with E-state index in [1.807, 2.05) is 25.1 Å². The van der Waals surface area contributed by atoms with E-state index in [1.165, 1.54) is 12.1 Å². The molecule has 120 valence electrons. The topological polar surface area (TPSA) is 63.3 Å². The number of nitrogens with zero attached hydrogens (tertiary/aromatic N) is 1. The van der Waals surface area contributed by atoms with Crippen molar-refractivity contribution in [3.63, 3.8) is 0 Å². The Balaban J connectivity index is 1.72. The van der Waals surface area contributed by atoms with Crippen LogP contribution in [0.15, 0.2) is 56.0 Å². The van der Waals surface area contributed by atoms with Crippen LogP contribution in [0.4, 0.5) is 0 Å². The van der Waals surface area contributed by atoms with Gasteiger partial charge in [0.2, 0.25) is 0 Å². The molecular formula is C18H13NO3S2. The minimum Gasteiger partial charge on any atom is -0.508 e. The first-order valence-corrected chi connectivity index (χ1v) is 9.15. The molecule has 2 aromatic carbocycles. The first kappa shape index (κ1) is 15.2. The number of rotatable bonds is 3. The quantitative estimate of drug-likeness (QED) is 0.426. The second-order valence-corrected chi connectivity index (χ2v) is 7.72. The maximum Gasteiger partial charge on any atom is 0.336 e. The number of aromatic nitrogens is 1. The molecule has 0 saturated carbocycles. The number of phenolic OH excluding ortho intramolecular Hbond substituents is 1. The fourth-order valence-corrected chi connectivity index (χ4v) is 4.80. The summed E-state index contributed by atoms with van der Waals surface area (Å²) in [4.78, 5) is 16.4. The molecule has 0 amide bonds. The first-order chi connectivity index (χ1) is 11.6. The third-order valence-corrected chi connectivity index (χ3v) is 5.96. The molecule has 24 heavy (non-hydrogen) atoms. The van der Waals surface area contributed by atoms with Gasteiger partial charge in [-0.1, -0.05) is 23.9 Å². The first-order valence-electron chi connectivity index (χ1n) is 7.35. The second kappa shape index (κ2) is 5.96. The van der Waals surface area contributed by atoms with Gasteiger partial charge in [0.1, 0.15) is 11.3 Å². The Morgan fingerprint density at radius 3 is 2.92 bits per heavy atom. The van der Waals surface area contributed by atoms with Crippen molar-refractivity contribution in [3.8, 4) is 5.75 Å². The highest BCUT2D eigenvalue weighted by molar-refractivity contribution is 8.00. The summed E-state index contributed by atoms with van der Waals surface area (Å²) in [5.74, 6) is 0.715. The molecule has 0 bridgehead atoms. The summed E-state index contributed by atoms with van der Waals surface area (Å²) in [6.45, 7) is 1.90. The van der Waals surface area contributed by atoms with Crippen molar-refractivity contribution in [1.29, 1.82) is 0 Å². The molecule has 2 aromatic heterocycles. The highest BCUT2D eigenvalue weighted by atomic mass is 32.2. The van der Waals surface area contributed by atoms with Gasteiger partial charge in [0.05, 0.1) is 10.2 Å². The summed E-state index contributed by atoms with van der Waals surface area (Å²) >= 11 is 3.24. The molecule has 0 atom stereocenters. The Morgan fingerprint density at radius 1 is 1.25 bits per heavy atom. The van der Waals surface area contributed by atoms with Gasteiger partial charge in [-0.05, 0) is 36.2 Å². The number of phenols is 1. The standard InChI is InChI=1S/C18H13NO3S2/c1-10-6-12(20)8-14-17(10)11(7-16(21)22-14)9-23-18-19-13-4-2-3-5-15(13)24-18/h2-8,20H,9H2,1H3. The fraction of sp³-hybridized carbons (Fsp3) is 0.111. The molecule has 2 heterocycles. The molecule has 0 saturated heterocycles. The molecular weight excluding hydrogens is 342 g/mol. The monoisotopic (exact) mass is 355 g/mol. The van der Waals surface area contributed by atoms with E-state index in [0.717, 1.165) is 31.1 Å². The van der Waals surface area contributed by atoms with Crippen LogP contribution in [0.1, 0.15) is 11.1 Å². The van der Waals surface area contributed by atoms with Crippen molar-refractivity contribution in [2.75, 3.05) is 0 Å². The zero-order chi connectivity index (χ0) is 16.7. The van der Waals surface area contributed by atoms with Gasteiger partial charge in [0.25, 0.3) is 0 Å². The summed E-state index contributed by atoms with van der Waals surface area (Å²) in [5, 5.41) is 10.6. The predicted molar refractivity (Wildman–Crippen MR) is 98.1 cm³/mol. The van der Waals surface area contributed by atoms with Crippen LogP contribution in [0.25, 0.3) is 21.2 Å². The Hall–Kier alpha value is -2.31. The lowest BCUT2D eigenvalue weighted by molar-refractivity contribution is 0.472. The number of aromatic hydroxyl groups is 1. The van der Waals surface area contributed by atoms with Crippen LogP contribution >= 0.6 is 23.1 Å². The van der Waals surface area contributed by atoms with Gasteiger partial charge >= 0.3 is 5.63 Å². The van der Waals surface area contributed by atoms with Gasteiger partial charge in [-0.2, -0.15) is 0 Å². The predicted octanol–water partition coefficient (Wildman–Crippen LogP) is 4.71. The van der Waals surface area contributed by atoms with E-state index in [9.17, 15) is 9.90 Å². The van der Waals surface area contributed by atoms with Crippen LogP contribution in [0.2, 0.25) is 0 Å². The summed E-state index contributed by atoms with van der Waals surface area (Å²) < 4.78 is 7.34. The molecule has 4 aromatic rings. The van der Waals surface area contributed by atoms with E-state index >= 15 is 0 Å². The second-order valence-electron chi connectivity index (χ2n) is 5.46. The third-order valence-electron chi connectivity index (χ3n) is 3.73. The Kier molecular flexibility index (Phi) is 3.78.